The van der Waals surface area contributed by atoms with Crippen LogP contribution in [0.1, 0.15) is 168 Å². The molecule has 4 amide bonds. The van der Waals surface area contributed by atoms with Crippen LogP contribution in [0.25, 0.3) is 10.4 Å². The lowest BCUT2D eigenvalue weighted by Crippen LogP contribution is -2.50. The highest BCUT2D eigenvalue weighted by Crippen LogP contribution is 2.44. The lowest BCUT2D eigenvalue weighted by molar-refractivity contribution is -0.146. The van der Waals surface area contributed by atoms with Crippen molar-refractivity contribution in [3.8, 4) is 10.4 Å². The summed E-state index contributed by atoms with van der Waals surface area (Å²) in [6.07, 6.45) is 15.0. The summed E-state index contributed by atoms with van der Waals surface area (Å²) in [7, 11) is 1.77. The fraction of sp³-hybridized carbons (Fsp3) is 0.500. The number of aryl methyl sites for hydroxylation is 1. The van der Waals surface area contributed by atoms with Crippen LogP contribution < -0.4 is 25.8 Å². The molecule has 404 valence electrons. The highest BCUT2D eigenvalue weighted by atomic mass is 32.1. The van der Waals surface area contributed by atoms with Gasteiger partial charge in [-0.15, -0.1) is 11.3 Å². The third kappa shape index (κ3) is 13.7. The number of rotatable bonds is 23. The number of nitrogens with one attached hydrogen (secondary N) is 3. The highest BCUT2D eigenvalue weighted by Gasteiger charge is 2.45. The van der Waals surface area contributed by atoms with Gasteiger partial charge >= 0.3 is 0 Å². The van der Waals surface area contributed by atoms with Crippen molar-refractivity contribution in [2.75, 3.05) is 35.3 Å². The minimum atomic E-state index is -0.816. The molecule has 4 atom stereocenters. The lowest BCUT2D eigenvalue weighted by atomic mass is 9.76. The van der Waals surface area contributed by atoms with E-state index in [1.54, 1.807) is 41.6 Å². The summed E-state index contributed by atoms with van der Waals surface area (Å²) in [5.41, 5.74) is 7.80. The fourth-order valence-corrected chi connectivity index (χ4v) is 11.8. The van der Waals surface area contributed by atoms with Crippen LogP contribution in [0.3, 0.4) is 0 Å². The van der Waals surface area contributed by atoms with E-state index in [0.29, 0.717) is 41.5 Å². The van der Waals surface area contributed by atoms with E-state index in [-0.39, 0.29) is 60.9 Å². The van der Waals surface area contributed by atoms with Gasteiger partial charge in [-0.1, -0.05) is 115 Å². The number of aliphatic hydroxyl groups excluding tert-OH is 1. The van der Waals surface area contributed by atoms with E-state index < -0.39 is 23.5 Å². The average Bonchev–Trinajstić information content (AvgIpc) is 4.23. The van der Waals surface area contributed by atoms with Crippen LogP contribution in [-0.4, -0.2) is 92.7 Å². The number of carbonyl (C=O) groups excluding carboxylic acids is 5. The van der Waals surface area contributed by atoms with Gasteiger partial charge in [-0.3, -0.25) is 24.0 Å². The number of para-hydroxylation sites is 1. The number of β-amino-alcohol motifs (C(OH)–C–C–N with tert-alkyl or cyclic N) is 1. The quantitative estimate of drug-likeness (QED) is 0.0456. The Hall–Kier alpha value is -6.52. The van der Waals surface area contributed by atoms with Crippen molar-refractivity contribution < 1.29 is 29.1 Å². The van der Waals surface area contributed by atoms with Gasteiger partial charge in [0.15, 0.2) is 5.82 Å². The zero-order valence-corrected chi connectivity index (χ0v) is 46.1. The Balaban J connectivity index is 0.698. The molecule has 0 spiro atoms. The summed E-state index contributed by atoms with van der Waals surface area (Å²) in [4.78, 5) is 88.1. The number of hydrogen-bond donors (Lipinski definition) is 4. The fourth-order valence-electron chi connectivity index (χ4n) is 11.0. The lowest BCUT2D eigenvalue weighted by Gasteiger charge is -2.35. The van der Waals surface area contributed by atoms with Gasteiger partial charge < -0.3 is 35.8 Å². The van der Waals surface area contributed by atoms with Gasteiger partial charge in [0.05, 0.1) is 45.7 Å². The molecule has 0 unspecified atom stereocenters. The molecule has 5 aromatic rings. The predicted molar refractivity (Wildman–Crippen MR) is 301 cm³/mol. The topological polar surface area (TPSA) is 190 Å². The first-order chi connectivity index (χ1) is 36.6. The molecule has 8 rings (SSSR count). The summed E-state index contributed by atoms with van der Waals surface area (Å²) in [6.45, 7) is 10.4. The maximum absolute atomic E-state index is 14.2. The molecule has 3 aromatic carbocycles. The Bertz CT molecular complexity index is 2800. The van der Waals surface area contributed by atoms with Crippen molar-refractivity contribution in [1.82, 2.24) is 30.5 Å². The van der Waals surface area contributed by atoms with Gasteiger partial charge in [-0.25, -0.2) is 9.97 Å². The summed E-state index contributed by atoms with van der Waals surface area (Å²) in [5.74, 6) is -0.198. The molecule has 16 heteroatoms. The Morgan fingerprint density at radius 1 is 0.842 bits per heavy atom. The van der Waals surface area contributed by atoms with Gasteiger partial charge in [0, 0.05) is 62.6 Å². The van der Waals surface area contributed by atoms with Gasteiger partial charge in [-0.2, -0.15) is 4.98 Å². The summed E-state index contributed by atoms with van der Waals surface area (Å²) in [5, 5.41) is 20.1. The number of aromatic nitrogens is 3. The number of amides is 4. The number of aliphatic hydroxyl groups is 1. The Labute approximate surface area is 452 Å². The van der Waals surface area contributed by atoms with Gasteiger partial charge in [-0.05, 0) is 92.5 Å². The van der Waals surface area contributed by atoms with Crippen LogP contribution in [0.15, 0.2) is 84.5 Å². The summed E-state index contributed by atoms with van der Waals surface area (Å²) in [6, 6.07) is 22.2. The van der Waals surface area contributed by atoms with Crippen LogP contribution in [-0.2, 0) is 14.4 Å². The third-order valence-corrected chi connectivity index (χ3v) is 16.4. The Kier molecular flexibility index (Phi) is 18.7. The molecule has 1 saturated carbocycles. The van der Waals surface area contributed by atoms with Crippen LogP contribution in [0.4, 0.5) is 28.8 Å². The van der Waals surface area contributed by atoms with Crippen LogP contribution in [0.5, 0.6) is 0 Å². The first-order valence-corrected chi connectivity index (χ1v) is 28.4. The van der Waals surface area contributed by atoms with Crippen molar-refractivity contribution in [1.29, 1.82) is 0 Å². The zero-order chi connectivity index (χ0) is 53.9. The molecular formula is C60H77N9O6S. The van der Waals surface area contributed by atoms with Gasteiger partial charge in [0.25, 0.3) is 11.8 Å². The van der Waals surface area contributed by atoms with Crippen molar-refractivity contribution in [3.05, 3.63) is 107 Å². The van der Waals surface area contributed by atoms with Crippen LogP contribution in [0, 0.1) is 18.3 Å². The van der Waals surface area contributed by atoms with Crippen LogP contribution >= 0.6 is 11.3 Å². The molecular weight excluding hydrogens is 975 g/mol. The highest BCUT2D eigenvalue weighted by molar-refractivity contribution is 7.13. The number of unbranched alkanes of at least 4 members (excludes halogenated alkanes) is 8. The van der Waals surface area contributed by atoms with E-state index in [1.807, 2.05) is 101 Å². The van der Waals surface area contributed by atoms with Crippen molar-refractivity contribution in [2.45, 2.75) is 162 Å². The number of anilines is 5. The van der Waals surface area contributed by atoms with Crippen molar-refractivity contribution in [2.24, 2.45) is 11.3 Å². The molecule has 0 bridgehead atoms. The molecule has 1 saturated heterocycles. The number of hydrogen-bond acceptors (Lipinski definition) is 12. The monoisotopic (exact) mass is 1050 g/mol. The molecule has 2 fully saturated rings. The second kappa shape index (κ2) is 25.5. The molecule has 0 radical (unpaired) electrons. The standard InChI is InChI=1S/C60H77N9O6S/c1-39(41-25-27-42(28-26-41)53-40(2)63-38-76-53)64-56(73)51-35-47(71)37-68(51)58(75)49(60(3,4)5)34-46(70)22-14-12-10-8-7-9-11-13-19-33-61-55(72)43-29-31-44(32-30-43)65-59-62-36-52-54(66-59)69(45-20-15-16-21-45)50-24-18-17-23-48(50)57(74)67(52)6/h17-18,23-32,36,38-39,45,47,49,51,71H,7-16,19-22,33-35,37H2,1-6H3,(H,61,72)(H,64,73)(H,62,65,66)/t39-,47+,49+,51-/m0/s1. The van der Waals surface area contributed by atoms with Crippen molar-refractivity contribution in [3.63, 3.8) is 0 Å². The first kappa shape index (κ1) is 55.7. The largest absolute Gasteiger partial charge is 0.391 e. The van der Waals surface area contributed by atoms with E-state index in [1.165, 1.54) is 4.90 Å². The average molecular weight is 1050 g/mol. The van der Waals surface area contributed by atoms with Gasteiger partial charge in [0.2, 0.25) is 17.8 Å². The number of benzene rings is 3. The number of ketones is 1. The molecule has 15 nitrogen and oxygen atoms in total. The minimum Gasteiger partial charge on any atom is -0.391 e. The van der Waals surface area contributed by atoms with Crippen molar-refractivity contribution >= 4 is 69.6 Å². The number of carbonyl (C=O) groups is 5. The van der Waals surface area contributed by atoms with E-state index in [9.17, 15) is 29.1 Å². The molecule has 4 heterocycles. The second-order valence-corrected chi connectivity index (χ2v) is 23.0. The number of nitrogens with zero attached hydrogens (tertiary/aromatic N) is 6. The van der Waals surface area contributed by atoms with Gasteiger partial charge in [0.1, 0.15) is 17.5 Å². The Morgan fingerprint density at radius 2 is 1.51 bits per heavy atom. The third-order valence-electron chi connectivity index (χ3n) is 15.5. The minimum absolute atomic E-state index is 0.0551. The van der Waals surface area contributed by atoms with E-state index in [0.717, 1.165) is 117 Å². The maximum Gasteiger partial charge on any atom is 0.260 e. The molecule has 3 aliphatic rings. The number of fused-ring (bicyclic) bond motifs is 2. The van der Waals surface area contributed by atoms with E-state index in [2.05, 4.69) is 30.8 Å². The van der Waals surface area contributed by atoms with Crippen LogP contribution in [0.2, 0.25) is 0 Å². The Morgan fingerprint density at radius 3 is 2.18 bits per heavy atom. The summed E-state index contributed by atoms with van der Waals surface area (Å²) >= 11 is 1.59. The van der Waals surface area contributed by atoms with E-state index >= 15 is 0 Å². The van der Waals surface area contributed by atoms with E-state index in [4.69, 9.17) is 4.98 Å². The first-order valence-electron chi connectivity index (χ1n) is 27.6. The molecule has 1 aliphatic carbocycles. The normalized spacial score (nSPS) is 17.5. The smallest absolute Gasteiger partial charge is 0.260 e. The predicted octanol–water partition coefficient (Wildman–Crippen LogP) is 11.4. The molecule has 4 N–H and O–H groups in total. The number of Topliss-reactive ketones (excluding diaryl/α,β-unsaturated/α-hetero) is 1. The maximum atomic E-state index is 14.2. The number of thiazole rings is 1. The number of likely N-dealkylation sites (tertiary alicyclic amines) is 1. The molecule has 2 aliphatic heterocycles. The second-order valence-electron chi connectivity index (χ2n) is 22.2. The molecule has 2 aromatic heterocycles. The zero-order valence-electron chi connectivity index (χ0n) is 45.3. The molecule has 76 heavy (non-hydrogen) atoms. The SMILES string of the molecule is Cc1ncsc1-c1ccc([C@H](C)NC(=O)[C@@H]2C[C@@H](O)CN2C(=O)[C@@H](CC(=O)CCCCCCCCCCCNC(=O)c2ccc(Nc3ncc4c(n3)N(C3CCCC3)c3ccccc3C(=O)N4C)cc2)C(C)(C)C)cc1. The summed E-state index contributed by atoms with van der Waals surface area (Å²) < 4.78 is 0.